The van der Waals surface area contributed by atoms with Crippen LogP contribution in [0.3, 0.4) is 0 Å². The van der Waals surface area contributed by atoms with Gasteiger partial charge in [-0.3, -0.25) is 0 Å². The Kier molecular flexibility index (Phi) is 4.63. The molecule has 0 aliphatic heterocycles. The number of ether oxygens (including phenoxy) is 1. The number of amides is 1. The number of rotatable bonds is 4. The first-order valence-electron chi connectivity index (χ1n) is 7.06. The monoisotopic (exact) mass is 283 g/mol. The van der Waals surface area contributed by atoms with Crippen molar-refractivity contribution in [1.82, 2.24) is 5.32 Å². The fraction of sp³-hybridized carbons (Fsp3) is 0.278. The van der Waals surface area contributed by atoms with E-state index in [9.17, 15) is 4.79 Å². The highest BCUT2D eigenvalue weighted by Gasteiger charge is 2.26. The standard InChI is InChI=1S/C18H21NO2/c1-14-9-7-8-12-16(14)18(2,3)21-17(20)19-13-15-10-5-4-6-11-15/h4-12H,13H2,1-3H3,(H,19,20). The predicted octanol–water partition coefficient (Wildman–Crippen LogP) is 4.16. The molecule has 1 N–H and O–H groups in total. The van der Waals surface area contributed by atoms with Gasteiger partial charge in [0.1, 0.15) is 5.60 Å². The molecule has 2 aromatic carbocycles. The third-order valence-corrected chi connectivity index (χ3v) is 3.42. The van der Waals surface area contributed by atoms with Gasteiger partial charge in [-0.2, -0.15) is 0 Å². The Labute approximate surface area is 126 Å². The Morgan fingerprint density at radius 2 is 1.67 bits per heavy atom. The quantitative estimate of drug-likeness (QED) is 0.915. The van der Waals surface area contributed by atoms with E-state index in [-0.39, 0.29) is 0 Å². The van der Waals surface area contributed by atoms with Gasteiger partial charge in [0.2, 0.25) is 0 Å². The third kappa shape index (κ3) is 4.09. The molecule has 0 unspecified atom stereocenters. The van der Waals surface area contributed by atoms with E-state index in [1.807, 2.05) is 75.4 Å². The molecular formula is C18H21NO2. The Bertz CT molecular complexity index is 606. The van der Waals surface area contributed by atoms with Crippen LogP contribution in [0.5, 0.6) is 0 Å². The van der Waals surface area contributed by atoms with Crippen molar-refractivity contribution in [1.29, 1.82) is 0 Å². The van der Waals surface area contributed by atoms with Crippen LogP contribution >= 0.6 is 0 Å². The molecule has 21 heavy (non-hydrogen) atoms. The molecule has 0 radical (unpaired) electrons. The number of hydrogen-bond donors (Lipinski definition) is 1. The molecule has 2 rings (SSSR count). The van der Waals surface area contributed by atoms with Gasteiger partial charge in [-0.15, -0.1) is 0 Å². The lowest BCUT2D eigenvalue weighted by atomic mass is 9.94. The maximum atomic E-state index is 12.0. The SMILES string of the molecule is Cc1ccccc1C(C)(C)OC(=O)NCc1ccccc1. The van der Waals surface area contributed by atoms with Crippen molar-refractivity contribution in [2.24, 2.45) is 0 Å². The van der Waals surface area contributed by atoms with Gasteiger partial charge in [0, 0.05) is 6.54 Å². The predicted molar refractivity (Wildman–Crippen MR) is 84.0 cm³/mol. The summed E-state index contributed by atoms with van der Waals surface area (Å²) in [6.07, 6.45) is -0.410. The molecule has 0 heterocycles. The van der Waals surface area contributed by atoms with E-state index in [2.05, 4.69) is 5.32 Å². The van der Waals surface area contributed by atoms with Gasteiger partial charge in [-0.1, -0.05) is 54.6 Å². The second kappa shape index (κ2) is 6.44. The van der Waals surface area contributed by atoms with E-state index in [1.165, 1.54) is 0 Å². The molecule has 2 aromatic rings. The van der Waals surface area contributed by atoms with Crippen LogP contribution in [0.25, 0.3) is 0 Å². The maximum absolute atomic E-state index is 12.0. The van der Waals surface area contributed by atoms with Crippen LogP contribution in [0, 0.1) is 6.92 Å². The average Bonchev–Trinajstić information content (AvgIpc) is 2.46. The van der Waals surface area contributed by atoms with Crippen molar-refractivity contribution in [3.8, 4) is 0 Å². The lowest BCUT2D eigenvalue weighted by Crippen LogP contribution is -2.33. The lowest BCUT2D eigenvalue weighted by Gasteiger charge is -2.27. The van der Waals surface area contributed by atoms with Crippen LogP contribution in [0.1, 0.15) is 30.5 Å². The van der Waals surface area contributed by atoms with Crippen LogP contribution in [0.15, 0.2) is 54.6 Å². The number of hydrogen-bond acceptors (Lipinski definition) is 2. The summed E-state index contributed by atoms with van der Waals surface area (Å²) < 4.78 is 5.58. The fourth-order valence-electron chi connectivity index (χ4n) is 2.34. The first-order chi connectivity index (χ1) is 9.99. The van der Waals surface area contributed by atoms with E-state index in [4.69, 9.17) is 4.74 Å². The van der Waals surface area contributed by atoms with Gasteiger partial charge in [0.25, 0.3) is 0 Å². The molecule has 0 aromatic heterocycles. The molecule has 0 saturated carbocycles. The Morgan fingerprint density at radius 1 is 1.05 bits per heavy atom. The molecule has 0 saturated heterocycles. The van der Waals surface area contributed by atoms with Crippen molar-refractivity contribution in [2.75, 3.05) is 0 Å². The van der Waals surface area contributed by atoms with Crippen LogP contribution in [0.2, 0.25) is 0 Å². The summed E-state index contributed by atoms with van der Waals surface area (Å²) >= 11 is 0. The summed E-state index contributed by atoms with van der Waals surface area (Å²) in [4.78, 5) is 12.0. The third-order valence-electron chi connectivity index (χ3n) is 3.42. The summed E-state index contributed by atoms with van der Waals surface area (Å²) in [6.45, 7) is 6.28. The molecule has 0 bridgehead atoms. The Morgan fingerprint density at radius 3 is 2.33 bits per heavy atom. The smallest absolute Gasteiger partial charge is 0.408 e. The summed E-state index contributed by atoms with van der Waals surface area (Å²) in [5.74, 6) is 0. The van der Waals surface area contributed by atoms with E-state index in [0.717, 1.165) is 16.7 Å². The molecule has 0 fully saturated rings. The number of aryl methyl sites for hydroxylation is 1. The number of carbonyl (C=O) groups is 1. The van der Waals surface area contributed by atoms with Gasteiger partial charge in [-0.05, 0) is 37.5 Å². The molecule has 110 valence electrons. The van der Waals surface area contributed by atoms with Crippen molar-refractivity contribution in [3.63, 3.8) is 0 Å². The molecule has 0 aliphatic rings. The summed E-state index contributed by atoms with van der Waals surface area (Å²) in [6, 6.07) is 17.7. The van der Waals surface area contributed by atoms with Crippen LogP contribution in [-0.4, -0.2) is 6.09 Å². The molecular weight excluding hydrogens is 262 g/mol. The average molecular weight is 283 g/mol. The van der Waals surface area contributed by atoms with Crippen molar-refractivity contribution >= 4 is 6.09 Å². The Balaban J connectivity index is 1.97. The zero-order valence-electron chi connectivity index (χ0n) is 12.7. The first-order valence-corrected chi connectivity index (χ1v) is 7.06. The highest BCUT2D eigenvalue weighted by molar-refractivity contribution is 5.68. The molecule has 1 amide bonds. The number of benzene rings is 2. The Hall–Kier alpha value is -2.29. The van der Waals surface area contributed by atoms with Gasteiger partial charge in [0.15, 0.2) is 0 Å². The minimum Gasteiger partial charge on any atom is -0.439 e. The summed E-state index contributed by atoms with van der Waals surface area (Å²) in [5, 5.41) is 2.78. The summed E-state index contributed by atoms with van der Waals surface area (Å²) in [7, 11) is 0. The van der Waals surface area contributed by atoms with Crippen LogP contribution in [0.4, 0.5) is 4.79 Å². The number of alkyl carbamates (subject to hydrolysis) is 1. The zero-order valence-corrected chi connectivity index (χ0v) is 12.7. The van der Waals surface area contributed by atoms with Gasteiger partial charge in [-0.25, -0.2) is 4.79 Å². The molecule has 3 nitrogen and oxygen atoms in total. The van der Waals surface area contributed by atoms with Crippen molar-refractivity contribution < 1.29 is 9.53 Å². The topological polar surface area (TPSA) is 38.3 Å². The maximum Gasteiger partial charge on any atom is 0.408 e. The van der Waals surface area contributed by atoms with E-state index in [0.29, 0.717) is 6.54 Å². The molecule has 0 atom stereocenters. The molecule has 0 aliphatic carbocycles. The summed E-state index contributed by atoms with van der Waals surface area (Å²) in [5.41, 5.74) is 2.51. The van der Waals surface area contributed by atoms with Gasteiger partial charge >= 0.3 is 6.09 Å². The number of carbonyl (C=O) groups excluding carboxylic acids is 1. The minimum atomic E-state index is -0.661. The lowest BCUT2D eigenvalue weighted by molar-refractivity contribution is 0.0357. The highest BCUT2D eigenvalue weighted by Crippen LogP contribution is 2.27. The van der Waals surface area contributed by atoms with Crippen molar-refractivity contribution in [2.45, 2.75) is 32.9 Å². The zero-order chi connectivity index (χ0) is 15.3. The van der Waals surface area contributed by atoms with Crippen molar-refractivity contribution in [3.05, 3.63) is 71.3 Å². The van der Waals surface area contributed by atoms with E-state index in [1.54, 1.807) is 0 Å². The highest BCUT2D eigenvalue weighted by atomic mass is 16.6. The fourth-order valence-corrected chi connectivity index (χ4v) is 2.34. The second-order valence-corrected chi connectivity index (χ2v) is 5.55. The normalized spacial score (nSPS) is 11.0. The largest absolute Gasteiger partial charge is 0.439 e. The van der Waals surface area contributed by atoms with Gasteiger partial charge < -0.3 is 10.1 Å². The van der Waals surface area contributed by atoms with Crippen LogP contribution < -0.4 is 5.32 Å². The number of nitrogens with one attached hydrogen (secondary N) is 1. The molecule has 3 heteroatoms. The van der Waals surface area contributed by atoms with E-state index >= 15 is 0 Å². The van der Waals surface area contributed by atoms with Crippen LogP contribution in [-0.2, 0) is 16.9 Å². The van der Waals surface area contributed by atoms with Gasteiger partial charge in [0.05, 0.1) is 0 Å². The minimum absolute atomic E-state index is 0.410. The molecule has 0 spiro atoms. The first kappa shape index (κ1) is 15.1. The van der Waals surface area contributed by atoms with E-state index < -0.39 is 11.7 Å². The second-order valence-electron chi connectivity index (χ2n) is 5.55.